The normalized spacial score (nSPS) is 18.6. The minimum atomic E-state index is -0.254. The number of benzene rings is 1. The molecule has 0 bridgehead atoms. The van der Waals surface area contributed by atoms with Gasteiger partial charge in [-0.3, -0.25) is 9.69 Å². The van der Waals surface area contributed by atoms with E-state index >= 15 is 0 Å². The molecule has 5 nitrogen and oxygen atoms in total. The van der Waals surface area contributed by atoms with Gasteiger partial charge in [0.15, 0.2) is 0 Å². The molecule has 1 saturated heterocycles. The molecular formula is C19H31N3O2. The van der Waals surface area contributed by atoms with Crippen molar-refractivity contribution in [1.29, 1.82) is 0 Å². The molecule has 2 atom stereocenters. The summed E-state index contributed by atoms with van der Waals surface area (Å²) in [6.07, 6.45) is 0.271. The fourth-order valence-electron chi connectivity index (χ4n) is 3.01. The van der Waals surface area contributed by atoms with Crippen molar-refractivity contribution in [2.45, 2.75) is 32.9 Å². The van der Waals surface area contributed by atoms with Crippen LogP contribution in [0.4, 0.5) is 0 Å². The molecule has 0 aromatic heterocycles. The standard InChI is InChI=1S/C19H31N3O2/c1-15(2)24-14-13-21-9-11-22(12-10-21)19(23)16(3)18(20)17-7-5-4-6-8-17/h4-8,15-16,18H,9-14,20H2,1-3H3. The lowest BCUT2D eigenvalue weighted by Crippen LogP contribution is -2.51. The Hall–Kier alpha value is -1.43. The Morgan fingerprint density at radius 2 is 1.75 bits per heavy atom. The van der Waals surface area contributed by atoms with Crippen LogP contribution in [0.25, 0.3) is 0 Å². The molecule has 1 aromatic carbocycles. The Kier molecular flexibility index (Phi) is 7.21. The van der Waals surface area contributed by atoms with E-state index in [0.29, 0.717) is 0 Å². The highest BCUT2D eigenvalue weighted by atomic mass is 16.5. The van der Waals surface area contributed by atoms with Crippen LogP contribution < -0.4 is 5.73 Å². The highest BCUT2D eigenvalue weighted by Crippen LogP contribution is 2.21. The van der Waals surface area contributed by atoms with Gasteiger partial charge in [-0.25, -0.2) is 0 Å². The number of nitrogens with two attached hydrogens (primary N) is 1. The molecule has 0 spiro atoms. The highest BCUT2D eigenvalue weighted by molar-refractivity contribution is 5.79. The zero-order valence-electron chi connectivity index (χ0n) is 15.1. The third-order valence-electron chi connectivity index (χ3n) is 4.66. The van der Waals surface area contributed by atoms with Crippen molar-refractivity contribution in [3.8, 4) is 0 Å². The van der Waals surface area contributed by atoms with Crippen molar-refractivity contribution in [2.24, 2.45) is 11.7 Å². The quantitative estimate of drug-likeness (QED) is 0.828. The minimum absolute atomic E-state index is 0.157. The van der Waals surface area contributed by atoms with Crippen molar-refractivity contribution in [3.63, 3.8) is 0 Å². The average molecular weight is 333 g/mol. The van der Waals surface area contributed by atoms with Gasteiger partial charge in [-0.2, -0.15) is 0 Å². The van der Waals surface area contributed by atoms with Crippen LogP contribution in [0.3, 0.4) is 0 Å². The first kappa shape index (κ1) is 18.9. The summed E-state index contributed by atoms with van der Waals surface area (Å²) in [6.45, 7) is 11.1. The fourth-order valence-corrected chi connectivity index (χ4v) is 3.01. The number of nitrogens with zero attached hydrogens (tertiary/aromatic N) is 2. The smallest absolute Gasteiger partial charge is 0.227 e. The summed E-state index contributed by atoms with van der Waals surface area (Å²) in [7, 11) is 0. The molecule has 1 aromatic rings. The molecule has 2 N–H and O–H groups in total. The van der Waals surface area contributed by atoms with Gasteiger partial charge in [0.05, 0.1) is 18.6 Å². The minimum Gasteiger partial charge on any atom is -0.377 e. The van der Waals surface area contributed by atoms with Gasteiger partial charge < -0.3 is 15.4 Å². The van der Waals surface area contributed by atoms with Crippen LogP contribution in [0.15, 0.2) is 30.3 Å². The average Bonchev–Trinajstić information content (AvgIpc) is 2.61. The van der Waals surface area contributed by atoms with E-state index in [1.165, 1.54) is 0 Å². The van der Waals surface area contributed by atoms with Gasteiger partial charge in [-0.1, -0.05) is 37.3 Å². The molecule has 1 aliphatic heterocycles. The van der Waals surface area contributed by atoms with Gasteiger partial charge in [0.2, 0.25) is 5.91 Å². The third-order valence-corrected chi connectivity index (χ3v) is 4.66. The summed E-state index contributed by atoms with van der Waals surface area (Å²) in [6, 6.07) is 9.61. The molecule has 0 radical (unpaired) electrons. The number of ether oxygens (including phenoxy) is 1. The van der Waals surface area contributed by atoms with Gasteiger partial charge in [0.1, 0.15) is 0 Å². The van der Waals surface area contributed by atoms with Crippen LogP contribution in [0.2, 0.25) is 0 Å². The molecule has 134 valence electrons. The highest BCUT2D eigenvalue weighted by Gasteiger charge is 2.28. The van der Waals surface area contributed by atoms with Gasteiger partial charge in [-0.15, -0.1) is 0 Å². The summed E-state index contributed by atoms with van der Waals surface area (Å²) in [5.74, 6) is -0.0485. The molecule has 1 heterocycles. The summed E-state index contributed by atoms with van der Waals surface area (Å²) >= 11 is 0. The predicted molar refractivity (Wildman–Crippen MR) is 96.6 cm³/mol. The van der Waals surface area contributed by atoms with Crippen LogP contribution in [0.1, 0.15) is 32.4 Å². The number of piperazine rings is 1. The number of carbonyl (C=O) groups excluding carboxylic acids is 1. The Morgan fingerprint density at radius 1 is 1.12 bits per heavy atom. The van der Waals surface area contributed by atoms with Crippen LogP contribution in [0.5, 0.6) is 0 Å². The Labute approximate surface area is 145 Å². The fraction of sp³-hybridized carbons (Fsp3) is 0.632. The number of hydrogen-bond donors (Lipinski definition) is 1. The molecular weight excluding hydrogens is 302 g/mol. The van der Waals surface area contributed by atoms with Crippen LogP contribution in [-0.2, 0) is 9.53 Å². The van der Waals surface area contributed by atoms with Crippen molar-refractivity contribution >= 4 is 5.91 Å². The lowest BCUT2D eigenvalue weighted by Gasteiger charge is -2.36. The van der Waals surface area contributed by atoms with E-state index in [1.807, 2.05) is 56.0 Å². The molecule has 2 rings (SSSR count). The lowest BCUT2D eigenvalue weighted by atomic mass is 9.94. The van der Waals surface area contributed by atoms with E-state index in [9.17, 15) is 4.79 Å². The van der Waals surface area contributed by atoms with E-state index < -0.39 is 0 Å². The third kappa shape index (κ3) is 5.30. The zero-order chi connectivity index (χ0) is 17.5. The number of amides is 1. The SMILES string of the molecule is CC(C)OCCN1CCN(C(=O)C(C)C(N)c2ccccc2)CC1. The molecule has 0 aliphatic carbocycles. The molecule has 5 heteroatoms. The van der Waals surface area contributed by atoms with Crippen molar-refractivity contribution < 1.29 is 9.53 Å². The Balaban J connectivity index is 1.79. The summed E-state index contributed by atoms with van der Waals surface area (Å²) in [5, 5.41) is 0. The molecule has 0 saturated carbocycles. The van der Waals surface area contributed by atoms with Crippen molar-refractivity contribution in [2.75, 3.05) is 39.3 Å². The zero-order valence-corrected chi connectivity index (χ0v) is 15.1. The van der Waals surface area contributed by atoms with Crippen LogP contribution in [0, 0.1) is 5.92 Å². The summed E-state index contributed by atoms with van der Waals surface area (Å²) < 4.78 is 5.60. The number of carbonyl (C=O) groups is 1. The van der Waals surface area contributed by atoms with E-state index in [-0.39, 0.29) is 24.0 Å². The van der Waals surface area contributed by atoms with Gasteiger partial charge >= 0.3 is 0 Å². The lowest BCUT2D eigenvalue weighted by molar-refractivity contribution is -0.137. The van der Waals surface area contributed by atoms with Gasteiger partial charge in [-0.05, 0) is 19.4 Å². The first-order chi connectivity index (χ1) is 11.5. The predicted octanol–water partition coefficient (Wildman–Crippen LogP) is 1.89. The Morgan fingerprint density at radius 3 is 2.33 bits per heavy atom. The largest absolute Gasteiger partial charge is 0.377 e. The summed E-state index contributed by atoms with van der Waals surface area (Å²) in [5.41, 5.74) is 7.31. The monoisotopic (exact) mass is 333 g/mol. The van der Waals surface area contributed by atoms with E-state index in [2.05, 4.69) is 4.90 Å². The second kappa shape index (κ2) is 9.16. The van der Waals surface area contributed by atoms with Crippen LogP contribution >= 0.6 is 0 Å². The molecule has 1 aliphatic rings. The maximum absolute atomic E-state index is 12.7. The van der Waals surface area contributed by atoms with Gasteiger partial charge in [0, 0.05) is 38.8 Å². The number of rotatable bonds is 7. The maximum atomic E-state index is 12.7. The van der Waals surface area contributed by atoms with Crippen molar-refractivity contribution in [1.82, 2.24) is 9.80 Å². The molecule has 1 amide bonds. The second-order valence-corrected chi connectivity index (χ2v) is 6.81. The van der Waals surface area contributed by atoms with Crippen LogP contribution in [-0.4, -0.2) is 61.1 Å². The van der Waals surface area contributed by atoms with E-state index in [0.717, 1.165) is 44.9 Å². The first-order valence-electron chi connectivity index (χ1n) is 8.92. The number of hydrogen-bond acceptors (Lipinski definition) is 4. The van der Waals surface area contributed by atoms with E-state index in [1.54, 1.807) is 0 Å². The van der Waals surface area contributed by atoms with E-state index in [4.69, 9.17) is 10.5 Å². The topological polar surface area (TPSA) is 58.8 Å². The maximum Gasteiger partial charge on any atom is 0.227 e. The summed E-state index contributed by atoms with van der Waals surface area (Å²) in [4.78, 5) is 17.0. The Bertz CT molecular complexity index is 499. The molecule has 24 heavy (non-hydrogen) atoms. The second-order valence-electron chi connectivity index (χ2n) is 6.81. The van der Waals surface area contributed by atoms with Crippen molar-refractivity contribution in [3.05, 3.63) is 35.9 Å². The molecule has 2 unspecified atom stereocenters. The van der Waals surface area contributed by atoms with Gasteiger partial charge in [0.25, 0.3) is 0 Å². The molecule has 1 fully saturated rings. The first-order valence-corrected chi connectivity index (χ1v) is 8.92.